The number of carboxylic acid groups (broad SMARTS) is 1. The molecule has 1 aliphatic heterocycles. The summed E-state index contributed by atoms with van der Waals surface area (Å²) in [6, 6.07) is 0.538. The van der Waals surface area contributed by atoms with Crippen molar-refractivity contribution in [2.24, 2.45) is 0 Å². The molecule has 0 unspecified atom stereocenters. The molecule has 0 aliphatic carbocycles. The Morgan fingerprint density at radius 1 is 1.42 bits per heavy atom. The Morgan fingerprint density at radius 3 is 2.63 bits per heavy atom. The minimum Gasteiger partial charge on any atom is -0.480 e. The van der Waals surface area contributed by atoms with Crippen molar-refractivity contribution >= 4 is 59.2 Å². The van der Waals surface area contributed by atoms with Crippen LogP contribution in [0.3, 0.4) is 0 Å². The number of piperidine rings is 1. The molecule has 1 aromatic rings. The third-order valence-corrected chi connectivity index (χ3v) is 8.54. The van der Waals surface area contributed by atoms with Crippen molar-refractivity contribution in [2.45, 2.75) is 29.5 Å². The lowest BCUT2D eigenvalue weighted by atomic mass is 10.1. The Morgan fingerprint density at radius 2 is 2.11 bits per heavy atom. The fraction of sp³-hybridized carbons (Fsp3) is 0.500. The number of rotatable bonds is 3. The average Bonchev–Trinajstić information content (AvgIpc) is 2.70. The van der Waals surface area contributed by atoms with E-state index >= 15 is 0 Å². The topological polar surface area (TPSA) is 74.7 Å². The summed E-state index contributed by atoms with van der Waals surface area (Å²) in [5.41, 5.74) is 0. The van der Waals surface area contributed by atoms with E-state index in [1.165, 1.54) is 6.07 Å². The van der Waals surface area contributed by atoms with Gasteiger partial charge < -0.3 is 5.11 Å². The minimum atomic E-state index is -3.75. The van der Waals surface area contributed by atoms with Gasteiger partial charge in [0.25, 0.3) is 10.0 Å². The molecular formula is C10H11Br2NO4S2. The Bertz CT molecular complexity index is 579. The number of hydrogen-bond acceptors (Lipinski definition) is 4. The molecule has 0 radical (unpaired) electrons. The van der Waals surface area contributed by atoms with Crippen LogP contribution in [0.1, 0.15) is 19.3 Å². The first kappa shape index (κ1) is 15.4. The fourth-order valence-electron chi connectivity index (χ4n) is 2.01. The molecule has 0 bridgehead atoms. The van der Waals surface area contributed by atoms with Crippen molar-refractivity contribution in [2.75, 3.05) is 6.54 Å². The van der Waals surface area contributed by atoms with Crippen LogP contribution in [0.4, 0.5) is 0 Å². The van der Waals surface area contributed by atoms with Crippen molar-refractivity contribution in [3.05, 3.63) is 14.3 Å². The van der Waals surface area contributed by atoms with E-state index in [0.717, 1.165) is 22.1 Å². The molecule has 0 spiro atoms. The molecule has 0 aromatic carbocycles. The molecule has 19 heavy (non-hydrogen) atoms. The van der Waals surface area contributed by atoms with Gasteiger partial charge in [-0.05, 0) is 57.2 Å². The first-order valence-corrected chi connectivity index (χ1v) is 9.38. The second-order valence-corrected chi connectivity index (χ2v) is 9.49. The van der Waals surface area contributed by atoms with Crippen LogP contribution in [0, 0.1) is 0 Å². The van der Waals surface area contributed by atoms with Gasteiger partial charge in [-0.25, -0.2) is 8.42 Å². The maximum Gasteiger partial charge on any atom is 0.322 e. The zero-order valence-electron chi connectivity index (χ0n) is 9.67. The molecule has 9 heteroatoms. The standard InChI is InChI=1S/C10H11Br2NO4S2/c11-6-5-8(18-9(6)12)19(16,17)13-4-2-1-3-7(13)10(14)15/h5,7H,1-4H2,(H,14,15)/t7-/m0/s1. The lowest BCUT2D eigenvalue weighted by Gasteiger charge is -2.31. The summed E-state index contributed by atoms with van der Waals surface area (Å²) in [6.45, 7) is 0.256. The maximum absolute atomic E-state index is 12.5. The van der Waals surface area contributed by atoms with Gasteiger partial charge in [0.1, 0.15) is 10.3 Å². The first-order valence-electron chi connectivity index (χ1n) is 5.53. The molecule has 0 saturated carbocycles. The summed E-state index contributed by atoms with van der Waals surface area (Å²) in [7, 11) is -3.75. The van der Waals surface area contributed by atoms with Crippen molar-refractivity contribution in [1.82, 2.24) is 4.31 Å². The second kappa shape index (κ2) is 5.80. The van der Waals surface area contributed by atoms with Crippen LogP contribution in [0.25, 0.3) is 0 Å². The van der Waals surface area contributed by atoms with Gasteiger partial charge in [0, 0.05) is 11.0 Å². The molecule has 1 saturated heterocycles. The lowest BCUT2D eigenvalue weighted by Crippen LogP contribution is -2.47. The highest BCUT2D eigenvalue weighted by Gasteiger charge is 2.38. The zero-order valence-corrected chi connectivity index (χ0v) is 14.5. The Labute approximate surface area is 131 Å². The van der Waals surface area contributed by atoms with E-state index in [-0.39, 0.29) is 10.8 Å². The van der Waals surface area contributed by atoms with Crippen molar-refractivity contribution in [3.63, 3.8) is 0 Å². The van der Waals surface area contributed by atoms with E-state index in [1.807, 2.05) is 0 Å². The highest BCUT2D eigenvalue weighted by atomic mass is 79.9. The molecule has 1 aliphatic rings. The van der Waals surface area contributed by atoms with Crippen LogP contribution in [-0.2, 0) is 14.8 Å². The van der Waals surface area contributed by atoms with Gasteiger partial charge in [0.2, 0.25) is 0 Å². The van der Waals surface area contributed by atoms with E-state index in [4.69, 9.17) is 5.11 Å². The molecule has 0 amide bonds. The number of carboxylic acids is 1. The first-order chi connectivity index (χ1) is 8.84. The van der Waals surface area contributed by atoms with E-state index < -0.39 is 22.0 Å². The third kappa shape index (κ3) is 3.05. The van der Waals surface area contributed by atoms with Crippen molar-refractivity contribution < 1.29 is 18.3 Å². The molecule has 5 nitrogen and oxygen atoms in total. The SMILES string of the molecule is O=C(O)[C@@H]1CCCCN1S(=O)(=O)c1cc(Br)c(Br)s1. The summed E-state index contributed by atoms with van der Waals surface area (Å²) in [4.78, 5) is 11.2. The maximum atomic E-state index is 12.5. The van der Waals surface area contributed by atoms with E-state index in [1.54, 1.807) is 0 Å². The highest BCUT2D eigenvalue weighted by molar-refractivity contribution is 9.13. The van der Waals surface area contributed by atoms with Gasteiger partial charge in [0.15, 0.2) is 0 Å². The molecule has 1 aromatic heterocycles. The van der Waals surface area contributed by atoms with Crippen LogP contribution >= 0.6 is 43.2 Å². The predicted molar refractivity (Wildman–Crippen MR) is 78.9 cm³/mol. The number of sulfonamides is 1. The molecular weight excluding hydrogens is 422 g/mol. The van der Waals surface area contributed by atoms with Gasteiger partial charge >= 0.3 is 5.97 Å². The number of thiophene rings is 1. The average molecular weight is 433 g/mol. The van der Waals surface area contributed by atoms with Crippen LogP contribution < -0.4 is 0 Å². The number of halogens is 2. The smallest absolute Gasteiger partial charge is 0.322 e. The van der Waals surface area contributed by atoms with Gasteiger partial charge in [-0.1, -0.05) is 0 Å². The number of hydrogen-bond donors (Lipinski definition) is 1. The van der Waals surface area contributed by atoms with Gasteiger partial charge in [0.05, 0.1) is 3.79 Å². The lowest BCUT2D eigenvalue weighted by molar-refractivity contribution is -0.142. The van der Waals surface area contributed by atoms with Gasteiger partial charge in [-0.15, -0.1) is 11.3 Å². The summed E-state index contributed by atoms with van der Waals surface area (Å²) >= 11 is 7.57. The quantitative estimate of drug-likeness (QED) is 0.796. The molecule has 1 fully saturated rings. The van der Waals surface area contributed by atoms with E-state index in [2.05, 4.69) is 31.9 Å². The predicted octanol–water partition coefficient (Wildman–Crippen LogP) is 2.90. The molecule has 1 N–H and O–H groups in total. The summed E-state index contributed by atoms with van der Waals surface area (Å²) in [5, 5.41) is 9.16. The molecule has 106 valence electrons. The van der Waals surface area contributed by atoms with E-state index in [0.29, 0.717) is 21.1 Å². The van der Waals surface area contributed by atoms with Crippen LogP contribution in [0.5, 0.6) is 0 Å². The van der Waals surface area contributed by atoms with Crippen molar-refractivity contribution in [3.8, 4) is 0 Å². The molecule has 2 heterocycles. The van der Waals surface area contributed by atoms with Crippen LogP contribution in [-0.4, -0.2) is 36.4 Å². The van der Waals surface area contributed by atoms with Crippen LogP contribution in [0.2, 0.25) is 0 Å². The fourth-order valence-corrected chi connectivity index (χ4v) is 6.61. The zero-order chi connectivity index (χ0) is 14.2. The van der Waals surface area contributed by atoms with Gasteiger partial charge in [-0.2, -0.15) is 4.31 Å². The highest BCUT2D eigenvalue weighted by Crippen LogP contribution is 2.37. The van der Waals surface area contributed by atoms with Gasteiger partial charge in [-0.3, -0.25) is 4.79 Å². The summed E-state index contributed by atoms with van der Waals surface area (Å²) in [6.07, 6.45) is 1.79. The minimum absolute atomic E-state index is 0.152. The normalized spacial score (nSPS) is 21.5. The van der Waals surface area contributed by atoms with Crippen LogP contribution in [0.15, 0.2) is 18.5 Å². The molecule has 1 atom stereocenters. The van der Waals surface area contributed by atoms with E-state index in [9.17, 15) is 13.2 Å². The number of nitrogens with zero attached hydrogens (tertiary/aromatic N) is 1. The summed E-state index contributed by atoms with van der Waals surface area (Å²) < 4.78 is 27.6. The Hall–Kier alpha value is 0.0400. The van der Waals surface area contributed by atoms with Crippen molar-refractivity contribution in [1.29, 1.82) is 0 Å². The Kier molecular flexibility index (Phi) is 4.71. The number of aliphatic carboxylic acids is 1. The molecule has 2 rings (SSSR count). The third-order valence-electron chi connectivity index (χ3n) is 2.92. The Balaban J connectivity index is 2.39. The largest absolute Gasteiger partial charge is 0.480 e. The number of carbonyl (C=O) groups is 1. The summed E-state index contributed by atoms with van der Waals surface area (Å²) in [5.74, 6) is -1.09. The second-order valence-electron chi connectivity index (χ2n) is 4.15. The monoisotopic (exact) mass is 431 g/mol.